The van der Waals surface area contributed by atoms with Crippen LogP contribution in [0.4, 0.5) is 10.5 Å². The molecule has 0 saturated heterocycles. The van der Waals surface area contributed by atoms with Gasteiger partial charge in [-0.1, -0.05) is 72.8 Å². The standard InChI is InChI=1S/C34H37N3O6/c1-34(2,3)43-33(42)36-29(21-23-9-5-4-6-10-23)32(41)37(19-20-38)30(25-14-17-28(39)18-15-25)31(40)35-27-16-13-24-11-7-8-12-26(24)22-27/h4-18,22,29-30,38-39H,19-21H2,1-3H3,(H,35,40)(H,36,42). The van der Waals surface area contributed by atoms with Crippen molar-refractivity contribution in [3.8, 4) is 5.75 Å². The van der Waals surface area contributed by atoms with Gasteiger partial charge in [0.05, 0.1) is 6.61 Å². The van der Waals surface area contributed by atoms with Gasteiger partial charge in [0.15, 0.2) is 0 Å². The zero-order valence-electron chi connectivity index (χ0n) is 24.5. The highest BCUT2D eigenvalue weighted by Gasteiger charge is 2.36. The lowest BCUT2D eigenvalue weighted by Gasteiger charge is -2.34. The minimum Gasteiger partial charge on any atom is -0.508 e. The molecule has 0 heterocycles. The maximum atomic E-state index is 14.3. The average Bonchev–Trinajstić information content (AvgIpc) is 2.96. The molecular formula is C34H37N3O6. The van der Waals surface area contributed by atoms with Crippen LogP contribution in [0.1, 0.15) is 37.9 Å². The number of aromatic hydroxyl groups is 1. The zero-order valence-corrected chi connectivity index (χ0v) is 24.5. The van der Waals surface area contributed by atoms with Crippen LogP contribution in [0, 0.1) is 0 Å². The van der Waals surface area contributed by atoms with Gasteiger partial charge in [-0.3, -0.25) is 9.59 Å². The van der Waals surface area contributed by atoms with Crippen LogP contribution >= 0.6 is 0 Å². The molecule has 4 aromatic rings. The number of rotatable bonds is 10. The fourth-order valence-electron chi connectivity index (χ4n) is 4.78. The SMILES string of the molecule is CC(C)(C)OC(=O)NC(Cc1ccccc1)C(=O)N(CCO)C(C(=O)Nc1ccc2ccccc2c1)c1ccc(O)cc1. The van der Waals surface area contributed by atoms with Crippen molar-refractivity contribution < 1.29 is 29.3 Å². The van der Waals surface area contributed by atoms with Gasteiger partial charge in [0.1, 0.15) is 23.4 Å². The summed E-state index contributed by atoms with van der Waals surface area (Å²) in [4.78, 5) is 42.3. The fraction of sp³-hybridized carbons (Fsp3) is 0.265. The van der Waals surface area contributed by atoms with Crippen molar-refractivity contribution in [1.29, 1.82) is 0 Å². The second-order valence-corrected chi connectivity index (χ2v) is 11.2. The number of benzene rings is 4. The molecule has 9 heteroatoms. The van der Waals surface area contributed by atoms with Crippen molar-refractivity contribution >= 4 is 34.4 Å². The first-order chi connectivity index (χ1) is 20.5. The highest BCUT2D eigenvalue weighted by atomic mass is 16.6. The van der Waals surface area contributed by atoms with Gasteiger partial charge in [-0.25, -0.2) is 4.79 Å². The molecule has 3 amide bonds. The Morgan fingerprint density at radius 2 is 1.51 bits per heavy atom. The monoisotopic (exact) mass is 583 g/mol. The fourth-order valence-corrected chi connectivity index (χ4v) is 4.78. The van der Waals surface area contributed by atoms with E-state index in [0.717, 1.165) is 16.3 Å². The van der Waals surface area contributed by atoms with Crippen LogP contribution in [-0.4, -0.2) is 57.8 Å². The molecule has 0 aliphatic heterocycles. The Hall–Kier alpha value is -4.89. The molecule has 0 aliphatic rings. The number of anilines is 1. The van der Waals surface area contributed by atoms with E-state index in [9.17, 15) is 24.6 Å². The molecule has 9 nitrogen and oxygen atoms in total. The van der Waals surface area contributed by atoms with Crippen molar-refractivity contribution in [3.05, 3.63) is 108 Å². The number of phenols is 1. The van der Waals surface area contributed by atoms with E-state index in [2.05, 4.69) is 10.6 Å². The van der Waals surface area contributed by atoms with Crippen molar-refractivity contribution in [3.63, 3.8) is 0 Å². The molecular weight excluding hydrogens is 546 g/mol. The number of ether oxygens (including phenoxy) is 1. The number of nitrogens with one attached hydrogen (secondary N) is 2. The van der Waals surface area contributed by atoms with Gasteiger partial charge >= 0.3 is 6.09 Å². The molecule has 43 heavy (non-hydrogen) atoms. The number of hydrogen-bond donors (Lipinski definition) is 4. The predicted molar refractivity (Wildman–Crippen MR) is 166 cm³/mol. The minimum atomic E-state index is -1.20. The number of aliphatic hydroxyl groups is 1. The van der Waals surface area contributed by atoms with Crippen LogP contribution in [0.5, 0.6) is 5.75 Å². The van der Waals surface area contributed by atoms with Crippen LogP contribution in [0.2, 0.25) is 0 Å². The van der Waals surface area contributed by atoms with Gasteiger partial charge in [0.25, 0.3) is 5.91 Å². The lowest BCUT2D eigenvalue weighted by atomic mass is 10.00. The van der Waals surface area contributed by atoms with Gasteiger partial charge < -0.3 is 30.5 Å². The van der Waals surface area contributed by atoms with E-state index in [-0.39, 0.29) is 18.7 Å². The molecule has 0 radical (unpaired) electrons. The number of amides is 3. The summed E-state index contributed by atoms with van der Waals surface area (Å²) in [5.74, 6) is -1.12. The van der Waals surface area contributed by atoms with Crippen LogP contribution in [0.15, 0.2) is 97.1 Å². The Morgan fingerprint density at radius 1 is 0.860 bits per heavy atom. The van der Waals surface area contributed by atoms with Gasteiger partial charge in [-0.2, -0.15) is 0 Å². The summed E-state index contributed by atoms with van der Waals surface area (Å²) < 4.78 is 5.44. The average molecular weight is 584 g/mol. The number of hydrogen-bond acceptors (Lipinski definition) is 6. The lowest BCUT2D eigenvalue weighted by molar-refractivity contribution is -0.141. The van der Waals surface area contributed by atoms with Crippen LogP contribution in [0.3, 0.4) is 0 Å². The normalized spacial score (nSPS) is 12.7. The van der Waals surface area contributed by atoms with Crippen LogP contribution in [0.25, 0.3) is 10.8 Å². The molecule has 4 rings (SSSR count). The third-order valence-electron chi connectivity index (χ3n) is 6.68. The molecule has 0 aromatic heterocycles. The highest BCUT2D eigenvalue weighted by Crippen LogP contribution is 2.27. The number of nitrogens with zero attached hydrogens (tertiary/aromatic N) is 1. The van der Waals surface area contributed by atoms with E-state index in [4.69, 9.17) is 4.74 Å². The quantitative estimate of drug-likeness (QED) is 0.204. The topological polar surface area (TPSA) is 128 Å². The van der Waals surface area contributed by atoms with E-state index in [1.54, 1.807) is 39.0 Å². The molecule has 0 saturated carbocycles. The third kappa shape index (κ3) is 8.56. The molecule has 224 valence electrons. The Bertz CT molecular complexity index is 1550. The molecule has 2 atom stereocenters. The first-order valence-electron chi connectivity index (χ1n) is 14.1. The van der Waals surface area contributed by atoms with Gasteiger partial charge in [-0.05, 0) is 66.9 Å². The van der Waals surface area contributed by atoms with E-state index in [0.29, 0.717) is 11.3 Å². The number of fused-ring (bicyclic) bond motifs is 1. The van der Waals surface area contributed by atoms with Crippen LogP contribution in [-0.2, 0) is 20.7 Å². The Morgan fingerprint density at radius 3 is 2.16 bits per heavy atom. The molecule has 0 spiro atoms. The second kappa shape index (κ2) is 13.8. The summed E-state index contributed by atoms with van der Waals surface area (Å²) in [7, 11) is 0. The molecule has 4 aromatic carbocycles. The number of carbonyl (C=O) groups is 3. The van der Waals surface area contributed by atoms with Crippen LogP contribution < -0.4 is 10.6 Å². The molecule has 2 unspecified atom stereocenters. The number of carbonyl (C=O) groups excluding carboxylic acids is 3. The van der Waals surface area contributed by atoms with Crippen molar-refractivity contribution in [2.75, 3.05) is 18.5 Å². The maximum absolute atomic E-state index is 14.3. The Kier molecular flexibility index (Phi) is 10.0. The summed E-state index contributed by atoms with van der Waals surface area (Å²) in [6, 6.07) is 26.0. The summed E-state index contributed by atoms with van der Waals surface area (Å²) in [6.45, 7) is 4.52. The molecule has 0 bridgehead atoms. The minimum absolute atomic E-state index is 0.00832. The largest absolute Gasteiger partial charge is 0.508 e. The highest BCUT2D eigenvalue weighted by molar-refractivity contribution is 6.00. The molecule has 0 fully saturated rings. The van der Waals surface area contributed by atoms with Crippen molar-refractivity contribution in [1.82, 2.24) is 10.2 Å². The summed E-state index contributed by atoms with van der Waals surface area (Å²) in [6.07, 6.45) is -0.664. The first kappa shape index (κ1) is 31.1. The number of aliphatic hydroxyl groups excluding tert-OH is 1. The number of alkyl carbamates (subject to hydrolysis) is 1. The maximum Gasteiger partial charge on any atom is 0.408 e. The van der Waals surface area contributed by atoms with E-state index < -0.39 is 42.2 Å². The lowest BCUT2D eigenvalue weighted by Crippen LogP contribution is -2.53. The summed E-state index contributed by atoms with van der Waals surface area (Å²) in [5, 5.41) is 27.5. The van der Waals surface area contributed by atoms with Crippen molar-refractivity contribution in [2.24, 2.45) is 0 Å². The smallest absolute Gasteiger partial charge is 0.408 e. The zero-order chi connectivity index (χ0) is 31.0. The van der Waals surface area contributed by atoms with Gasteiger partial charge in [0.2, 0.25) is 5.91 Å². The van der Waals surface area contributed by atoms with Gasteiger partial charge in [-0.15, -0.1) is 0 Å². The van der Waals surface area contributed by atoms with Crippen molar-refractivity contribution in [2.45, 2.75) is 44.9 Å². The van der Waals surface area contributed by atoms with E-state index in [1.165, 1.54) is 17.0 Å². The summed E-state index contributed by atoms with van der Waals surface area (Å²) >= 11 is 0. The molecule has 4 N–H and O–H groups in total. The van der Waals surface area contributed by atoms with E-state index >= 15 is 0 Å². The van der Waals surface area contributed by atoms with E-state index in [1.807, 2.05) is 66.7 Å². The second-order valence-electron chi connectivity index (χ2n) is 11.2. The van der Waals surface area contributed by atoms with Gasteiger partial charge in [0, 0.05) is 18.7 Å². The summed E-state index contributed by atoms with van der Waals surface area (Å²) in [5.41, 5.74) is 0.914. The Labute approximate surface area is 251 Å². The molecule has 0 aliphatic carbocycles. The third-order valence-corrected chi connectivity index (χ3v) is 6.68. The Balaban J connectivity index is 1.71. The first-order valence-corrected chi connectivity index (χ1v) is 14.1. The predicted octanol–water partition coefficient (Wildman–Crippen LogP) is 5.18. The number of phenolic OH excluding ortho intramolecular Hbond substituents is 1.